The van der Waals surface area contributed by atoms with Crippen LogP contribution in [0.1, 0.15) is 16.7 Å². The summed E-state index contributed by atoms with van der Waals surface area (Å²) in [4.78, 5) is 28.5. The average Bonchev–Trinajstić information content (AvgIpc) is 2.64. The molecule has 0 radical (unpaired) electrons. The number of nitrogens with one attached hydrogen (secondary N) is 1. The van der Waals surface area contributed by atoms with E-state index in [1.807, 2.05) is 6.07 Å². The second-order valence-electron chi connectivity index (χ2n) is 5.79. The molecule has 0 aliphatic rings. The van der Waals surface area contributed by atoms with Crippen molar-refractivity contribution in [3.05, 3.63) is 68.8 Å². The van der Waals surface area contributed by atoms with Crippen LogP contribution in [0.4, 0.5) is 0 Å². The molecule has 0 aliphatic heterocycles. The van der Waals surface area contributed by atoms with Crippen LogP contribution in [-0.2, 0) is 17.8 Å². The van der Waals surface area contributed by atoms with E-state index in [1.54, 1.807) is 37.5 Å². The normalized spacial score (nSPS) is 10.7. The molecule has 0 atom stereocenters. The van der Waals surface area contributed by atoms with E-state index < -0.39 is 5.63 Å². The molecule has 0 saturated carbocycles. The summed E-state index contributed by atoms with van der Waals surface area (Å²) in [7, 11) is 1.49. The largest absolute Gasteiger partial charge is 0.495 e. The van der Waals surface area contributed by atoms with Gasteiger partial charge in [0.2, 0.25) is 5.91 Å². The summed E-state index contributed by atoms with van der Waals surface area (Å²) in [6, 6.07) is 6.89. The third kappa shape index (κ3) is 3.70. The molecule has 0 fully saturated rings. The molecule has 1 aromatic carbocycles. The lowest BCUT2D eigenvalue weighted by molar-refractivity contribution is -0.120. The van der Waals surface area contributed by atoms with E-state index in [0.717, 1.165) is 5.56 Å². The molecule has 134 valence electrons. The molecule has 2 aromatic heterocycles. The fourth-order valence-corrected chi connectivity index (χ4v) is 2.92. The molecule has 0 aliphatic carbocycles. The van der Waals surface area contributed by atoms with Crippen LogP contribution >= 0.6 is 11.6 Å². The van der Waals surface area contributed by atoms with Gasteiger partial charge in [-0.05, 0) is 30.2 Å². The SMILES string of the molecule is COc1cc2oc(=O)c(CC(=O)NCc3cccnc3)c(C)c2cc1Cl. The van der Waals surface area contributed by atoms with Gasteiger partial charge < -0.3 is 14.5 Å². The number of hydrogen-bond donors (Lipinski definition) is 1. The summed E-state index contributed by atoms with van der Waals surface area (Å²) >= 11 is 6.16. The van der Waals surface area contributed by atoms with Crippen molar-refractivity contribution in [3.8, 4) is 5.75 Å². The van der Waals surface area contributed by atoms with Crippen LogP contribution in [-0.4, -0.2) is 18.0 Å². The lowest BCUT2D eigenvalue weighted by Crippen LogP contribution is -2.27. The van der Waals surface area contributed by atoms with Gasteiger partial charge in [0, 0.05) is 30.4 Å². The number of rotatable bonds is 5. The Morgan fingerprint density at radius 3 is 2.88 bits per heavy atom. The fourth-order valence-electron chi connectivity index (χ4n) is 2.68. The van der Waals surface area contributed by atoms with Gasteiger partial charge in [-0.15, -0.1) is 0 Å². The number of carbonyl (C=O) groups excluding carboxylic acids is 1. The first-order valence-corrected chi connectivity index (χ1v) is 8.33. The molecular formula is C19H17ClN2O4. The summed E-state index contributed by atoms with van der Waals surface area (Å²) in [6.45, 7) is 2.11. The van der Waals surface area contributed by atoms with Gasteiger partial charge in [-0.1, -0.05) is 17.7 Å². The van der Waals surface area contributed by atoms with E-state index >= 15 is 0 Å². The predicted octanol–water partition coefficient (Wildman–Crippen LogP) is 3.02. The van der Waals surface area contributed by atoms with Crippen LogP contribution in [0, 0.1) is 6.92 Å². The van der Waals surface area contributed by atoms with Crippen LogP contribution in [0.2, 0.25) is 5.02 Å². The molecule has 3 aromatic rings. The van der Waals surface area contributed by atoms with Crippen molar-refractivity contribution in [2.75, 3.05) is 7.11 Å². The van der Waals surface area contributed by atoms with Gasteiger partial charge in [0.1, 0.15) is 11.3 Å². The number of nitrogens with zero attached hydrogens (tertiary/aromatic N) is 1. The van der Waals surface area contributed by atoms with Crippen molar-refractivity contribution >= 4 is 28.5 Å². The summed E-state index contributed by atoms with van der Waals surface area (Å²) in [5, 5.41) is 3.85. The van der Waals surface area contributed by atoms with E-state index in [-0.39, 0.29) is 12.3 Å². The zero-order valence-corrected chi connectivity index (χ0v) is 15.1. The first-order chi connectivity index (χ1) is 12.5. The molecule has 6 nitrogen and oxygen atoms in total. The minimum atomic E-state index is -0.545. The number of aryl methyl sites for hydroxylation is 1. The van der Waals surface area contributed by atoms with E-state index in [4.69, 9.17) is 20.8 Å². The highest BCUT2D eigenvalue weighted by molar-refractivity contribution is 6.32. The summed E-state index contributed by atoms with van der Waals surface area (Å²) in [6.07, 6.45) is 3.26. The highest BCUT2D eigenvalue weighted by atomic mass is 35.5. The Labute approximate surface area is 154 Å². The third-order valence-electron chi connectivity index (χ3n) is 4.11. The molecule has 3 rings (SSSR count). The quantitative estimate of drug-likeness (QED) is 0.696. The third-order valence-corrected chi connectivity index (χ3v) is 4.40. The summed E-state index contributed by atoms with van der Waals surface area (Å²) in [5.41, 5.74) is 1.67. The average molecular weight is 373 g/mol. The predicted molar refractivity (Wildman–Crippen MR) is 98.6 cm³/mol. The second-order valence-corrected chi connectivity index (χ2v) is 6.20. The lowest BCUT2D eigenvalue weighted by Gasteiger charge is -2.10. The number of benzene rings is 1. The standard InChI is InChI=1S/C19H17ClN2O4/c1-11-13-6-15(20)17(25-2)8-16(13)26-19(24)14(11)7-18(23)22-10-12-4-3-5-21-9-12/h3-6,8-9H,7,10H2,1-2H3,(H,22,23). The maximum atomic E-state index is 12.3. The Bertz CT molecular complexity index is 1020. The molecule has 2 heterocycles. The number of ether oxygens (including phenoxy) is 1. The monoisotopic (exact) mass is 372 g/mol. The number of fused-ring (bicyclic) bond motifs is 1. The number of halogens is 1. The molecule has 1 N–H and O–H groups in total. The Balaban J connectivity index is 1.85. The highest BCUT2D eigenvalue weighted by Gasteiger charge is 2.16. The number of aromatic nitrogens is 1. The minimum Gasteiger partial charge on any atom is -0.495 e. The van der Waals surface area contributed by atoms with Crippen LogP contribution in [0.15, 0.2) is 45.9 Å². The highest BCUT2D eigenvalue weighted by Crippen LogP contribution is 2.31. The van der Waals surface area contributed by atoms with Crippen LogP contribution in [0.5, 0.6) is 5.75 Å². The summed E-state index contributed by atoms with van der Waals surface area (Å²) in [5.74, 6) is 0.145. The van der Waals surface area contributed by atoms with Gasteiger partial charge in [-0.2, -0.15) is 0 Å². The molecule has 1 amide bonds. The van der Waals surface area contributed by atoms with Crippen molar-refractivity contribution in [1.29, 1.82) is 0 Å². The van der Waals surface area contributed by atoms with Gasteiger partial charge in [0.15, 0.2) is 0 Å². The Morgan fingerprint density at radius 2 is 2.19 bits per heavy atom. The molecule has 0 saturated heterocycles. The second kappa shape index (κ2) is 7.58. The van der Waals surface area contributed by atoms with Gasteiger partial charge in [0.05, 0.1) is 24.1 Å². The topological polar surface area (TPSA) is 81.4 Å². The molecule has 0 spiro atoms. The van der Waals surface area contributed by atoms with E-state index in [0.29, 0.717) is 39.4 Å². The molecule has 0 bridgehead atoms. The molecule has 26 heavy (non-hydrogen) atoms. The number of hydrogen-bond acceptors (Lipinski definition) is 5. The fraction of sp³-hybridized carbons (Fsp3) is 0.211. The smallest absolute Gasteiger partial charge is 0.340 e. The molecule has 0 unspecified atom stereocenters. The number of pyridine rings is 1. The van der Waals surface area contributed by atoms with Crippen molar-refractivity contribution in [1.82, 2.24) is 10.3 Å². The van der Waals surface area contributed by atoms with Crippen molar-refractivity contribution in [2.24, 2.45) is 0 Å². The van der Waals surface area contributed by atoms with E-state index in [1.165, 1.54) is 7.11 Å². The zero-order valence-electron chi connectivity index (χ0n) is 14.3. The van der Waals surface area contributed by atoms with Crippen LogP contribution in [0.3, 0.4) is 0 Å². The van der Waals surface area contributed by atoms with Gasteiger partial charge in [-0.25, -0.2) is 4.79 Å². The van der Waals surface area contributed by atoms with Gasteiger partial charge in [0.25, 0.3) is 0 Å². The first-order valence-electron chi connectivity index (χ1n) is 7.95. The van der Waals surface area contributed by atoms with Crippen molar-refractivity contribution in [3.63, 3.8) is 0 Å². The molecule has 7 heteroatoms. The van der Waals surface area contributed by atoms with E-state index in [2.05, 4.69) is 10.3 Å². The van der Waals surface area contributed by atoms with Gasteiger partial charge >= 0.3 is 5.63 Å². The van der Waals surface area contributed by atoms with Crippen molar-refractivity contribution in [2.45, 2.75) is 19.9 Å². The Morgan fingerprint density at radius 1 is 1.38 bits per heavy atom. The number of carbonyl (C=O) groups is 1. The van der Waals surface area contributed by atoms with Crippen LogP contribution < -0.4 is 15.7 Å². The van der Waals surface area contributed by atoms with Crippen molar-refractivity contribution < 1.29 is 13.9 Å². The number of amides is 1. The Kier molecular flexibility index (Phi) is 5.23. The maximum absolute atomic E-state index is 12.3. The van der Waals surface area contributed by atoms with Crippen LogP contribution in [0.25, 0.3) is 11.0 Å². The summed E-state index contributed by atoms with van der Waals surface area (Å²) < 4.78 is 10.5. The van der Waals surface area contributed by atoms with E-state index in [9.17, 15) is 9.59 Å². The maximum Gasteiger partial charge on any atom is 0.340 e. The minimum absolute atomic E-state index is 0.0754. The molecular weight excluding hydrogens is 356 g/mol. The lowest BCUT2D eigenvalue weighted by atomic mass is 10.0. The number of methoxy groups -OCH3 is 1. The Hall–Kier alpha value is -2.86. The van der Waals surface area contributed by atoms with Gasteiger partial charge in [-0.3, -0.25) is 9.78 Å². The zero-order chi connectivity index (χ0) is 18.7. The first kappa shape index (κ1) is 17.9.